The van der Waals surface area contributed by atoms with Gasteiger partial charge in [-0.15, -0.1) is 0 Å². The lowest BCUT2D eigenvalue weighted by Gasteiger charge is -2.08. The van der Waals surface area contributed by atoms with Gasteiger partial charge in [-0.1, -0.05) is 19.1 Å². The van der Waals surface area contributed by atoms with Gasteiger partial charge in [-0.25, -0.2) is 0 Å². The number of nitrogens with zero attached hydrogens (tertiary/aromatic N) is 3. The van der Waals surface area contributed by atoms with Crippen molar-refractivity contribution < 1.29 is 4.74 Å². The van der Waals surface area contributed by atoms with Crippen LogP contribution in [0, 0.1) is 6.92 Å². The molecule has 0 radical (unpaired) electrons. The fraction of sp³-hybridized carbons (Fsp3) is 0.308. The molecule has 0 atom stereocenters. The number of rotatable bonds is 5. The molecule has 6 nitrogen and oxygen atoms in total. The molecule has 0 aliphatic carbocycles. The van der Waals surface area contributed by atoms with Gasteiger partial charge in [-0.2, -0.15) is 15.0 Å². The molecule has 0 unspecified atom stereocenters. The zero-order valence-corrected chi connectivity index (χ0v) is 11.1. The van der Waals surface area contributed by atoms with Gasteiger partial charge in [0.15, 0.2) is 0 Å². The van der Waals surface area contributed by atoms with Gasteiger partial charge in [0.2, 0.25) is 11.9 Å². The standard InChI is InChI=1S/C13H17N5O/c1-3-7-19-13-17-11(14)16-12(18-13)15-10-6-4-5-9(2)8-10/h4-6,8H,3,7H2,1-2H3,(H3,14,15,16,17,18). The molecule has 2 rings (SSSR count). The third-order valence-corrected chi connectivity index (χ3v) is 2.34. The lowest BCUT2D eigenvalue weighted by Crippen LogP contribution is -2.07. The van der Waals surface area contributed by atoms with E-state index >= 15 is 0 Å². The molecule has 1 aromatic heterocycles. The minimum absolute atomic E-state index is 0.135. The maximum absolute atomic E-state index is 5.63. The molecule has 1 aromatic carbocycles. The average molecular weight is 259 g/mol. The monoisotopic (exact) mass is 259 g/mol. The Hall–Kier alpha value is -2.37. The van der Waals surface area contributed by atoms with Crippen LogP contribution in [0.2, 0.25) is 0 Å². The lowest BCUT2D eigenvalue weighted by molar-refractivity contribution is 0.292. The first-order valence-electron chi connectivity index (χ1n) is 6.15. The van der Waals surface area contributed by atoms with Crippen LogP contribution in [0.3, 0.4) is 0 Å². The Morgan fingerprint density at radius 2 is 2.11 bits per heavy atom. The zero-order valence-electron chi connectivity index (χ0n) is 11.1. The van der Waals surface area contributed by atoms with Crippen LogP contribution in [0.5, 0.6) is 6.01 Å². The van der Waals surface area contributed by atoms with Crippen LogP contribution in [-0.4, -0.2) is 21.6 Å². The van der Waals surface area contributed by atoms with E-state index < -0.39 is 0 Å². The highest BCUT2D eigenvalue weighted by atomic mass is 16.5. The van der Waals surface area contributed by atoms with E-state index in [0.717, 1.165) is 17.7 Å². The van der Waals surface area contributed by atoms with Crippen LogP contribution in [0.15, 0.2) is 24.3 Å². The highest BCUT2D eigenvalue weighted by Crippen LogP contribution is 2.16. The van der Waals surface area contributed by atoms with E-state index in [9.17, 15) is 0 Å². The molecule has 2 aromatic rings. The second-order valence-electron chi connectivity index (χ2n) is 4.14. The van der Waals surface area contributed by atoms with Crippen LogP contribution >= 0.6 is 0 Å². The molecule has 1 heterocycles. The summed E-state index contributed by atoms with van der Waals surface area (Å²) in [5.41, 5.74) is 7.68. The predicted molar refractivity (Wildman–Crippen MR) is 74.5 cm³/mol. The second-order valence-corrected chi connectivity index (χ2v) is 4.14. The Morgan fingerprint density at radius 1 is 1.26 bits per heavy atom. The maximum atomic E-state index is 5.63. The number of hydrogen-bond acceptors (Lipinski definition) is 6. The smallest absolute Gasteiger partial charge is 0.323 e. The molecular formula is C13H17N5O. The highest BCUT2D eigenvalue weighted by molar-refractivity contribution is 5.55. The average Bonchev–Trinajstić information content (AvgIpc) is 2.35. The van der Waals surface area contributed by atoms with E-state index in [2.05, 4.69) is 20.3 Å². The molecule has 0 saturated heterocycles. The van der Waals surface area contributed by atoms with Crippen molar-refractivity contribution in [1.82, 2.24) is 15.0 Å². The number of aryl methyl sites for hydroxylation is 1. The third kappa shape index (κ3) is 3.80. The summed E-state index contributed by atoms with van der Waals surface area (Å²) >= 11 is 0. The summed E-state index contributed by atoms with van der Waals surface area (Å²) in [5, 5.41) is 3.08. The number of benzene rings is 1. The molecule has 0 bridgehead atoms. The molecule has 0 aliphatic heterocycles. The first-order chi connectivity index (χ1) is 9.17. The van der Waals surface area contributed by atoms with Crippen molar-refractivity contribution in [2.45, 2.75) is 20.3 Å². The Balaban J connectivity index is 2.17. The summed E-state index contributed by atoms with van der Waals surface area (Å²) in [4.78, 5) is 12.1. The number of anilines is 3. The Morgan fingerprint density at radius 3 is 2.84 bits per heavy atom. The van der Waals surface area contributed by atoms with Crippen molar-refractivity contribution in [3.63, 3.8) is 0 Å². The van der Waals surface area contributed by atoms with Gasteiger partial charge >= 0.3 is 6.01 Å². The Kier molecular flexibility index (Phi) is 4.12. The van der Waals surface area contributed by atoms with Crippen LogP contribution in [0.25, 0.3) is 0 Å². The number of aromatic nitrogens is 3. The van der Waals surface area contributed by atoms with Gasteiger partial charge < -0.3 is 15.8 Å². The summed E-state index contributed by atoms with van der Waals surface area (Å²) in [6.07, 6.45) is 0.881. The molecule has 19 heavy (non-hydrogen) atoms. The van der Waals surface area contributed by atoms with Crippen molar-refractivity contribution in [1.29, 1.82) is 0 Å². The minimum Gasteiger partial charge on any atom is -0.463 e. The molecule has 3 N–H and O–H groups in total. The predicted octanol–water partition coefficient (Wildman–Crippen LogP) is 2.29. The van der Waals surface area contributed by atoms with Crippen molar-refractivity contribution in [2.24, 2.45) is 0 Å². The largest absolute Gasteiger partial charge is 0.463 e. The summed E-state index contributed by atoms with van der Waals surface area (Å²) < 4.78 is 5.36. The highest BCUT2D eigenvalue weighted by Gasteiger charge is 2.05. The van der Waals surface area contributed by atoms with Crippen LogP contribution in [0.4, 0.5) is 17.6 Å². The summed E-state index contributed by atoms with van der Waals surface area (Å²) in [6.45, 7) is 4.58. The van der Waals surface area contributed by atoms with E-state index in [-0.39, 0.29) is 12.0 Å². The fourth-order valence-corrected chi connectivity index (χ4v) is 1.54. The van der Waals surface area contributed by atoms with E-state index in [1.807, 2.05) is 38.1 Å². The SMILES string of the molecule is CCCOc1nc(N)nc(Nc2cccc(C)c2)n1. The van der Waals surface area contributed by atoms with E-state index in [0.29, 0.717) is 12.6 Å². The van der Waals surface area contributed by atoms with Crippen LogP contribution < -0.4 is 15.8 Å². The van der Waals surface area contributed by atoms with Gasteiger partial charge in [-0.3, -0.25) is 0 Å². The number of nitrogen functional groups attached to an aromatic ring is 1. The summed E-state index contributed by atoms with van der Waals surface area (Å²) in [7, 11) is 0. The fourth-order valence-electron chi connectivity index (χ4n) is 1.54. The Labute approximate surface area is 112 Å². The molecule has 0 aliphatic rings. The quantitative estimate of drug-likeness (QED) is 0.856. The lowest BCUT2D eigenvalue weighted by atomic mass is 10.2. The molecule has 100 valence electrons. The minimum atomic E-state index is 0.135. The van der Waals surface area contributed by atoms with Gasteiger partial charge in [-0.05, 0) is 31.0 Å². The molecule has 0 spiro atoms. The van der Waals surface area contributed by atoms with E-state index in [1.165, 1.54) is 0 Å². The summed E-state index contributed by atoms with van der Waals surface area (Å²) in [6, 6.07) is 8.13. The van der Waals surface area contributed by atoms with Crippen molar-refractivity contribution in [3.8, 4) is 6.01 Å². The second kappa shape index (κ2) is 5.99. The van der Waals surface area contributed by atoms with Gasteiger partial charge in [0.25, 0.3) is 0 Å². The van der Waals surface area contributed by atoms with E-state index in [1.54, 1.807) is 0 Å². The van der Waals surface area contributed by atoms with E-state index in [4.69, 9.17) is 10.5 Å². The topological polar surface area (TPSA) is 86.0 Å². The van der Waals surface area contributed by atoms with Crippen LogP contribution in [-0.2, 0) is 0 Å². The number of nitrogens with two attached hydrogens (primary N) is 1. The van der Waals surface area contributed by atoms with Crippen LogP contribution in [0.1, 0.15) is 18.9 Å². The molecular weight excluding hydrogens is 242 g/mol. The normalized spacial score (nSPS) is 10.2. The first-order valence-corrected chi connectivity index (χ1v) is 6.15. The number of hydrogen-bond donors (Lipinski definition) is 2. The zero-order chi connectivity index (χ0) is 13.7. The van der Waals surface area contributed by atoms with Crippen molar-refractivity contribution in [2.75, 3.05) is 17.7 Å². The summed E-state index contributed by atoms with van der Waals surface area (Å²) in [5.74, 6) is 0.514. The molecule has 0 fully saturated rings. The van der Waals surface area contributed by atoms with Crippen molar-refractivity contribution >= 4 is 17.6 Å². The van der Waals surface area contributed by atoms with Crippen molar-refractivity contribution in [3.05, 3.63) is 29.8 Å². The third-order valence-electron chi connectivity index (χ3n) is 2.34. The Bertz CT molecular complexity index is 558. The molecule has 6 heteroatoms. The van der Waals surface area contributed by atoms with Gasteiger partial charge in [0, 0.05) is 5.69 Å². The van der Waals surface area contributed by atoms with Gasteiger partial charge in [0.05, 0.1) is 6.61 Å². The maximum Gasteiger partial charge on any atom is 0.323 e. The van der Waals surface area contributed by atoms with Gasteiger partial charge in [0.1, 0.15) is 0 Å². The molecule has 0 amide bonds. The first kappa shape index (κ1) is 13.1. The molecule has 0 saturated carbocycles. The number of nitrogens with one attached hydrogen (secondary N) is 1. The number of ether oxygens (including phenoxy) is 1.